The van der Waals surface area contributed by atoms with E-state index in [4.69, 9.17) is 10.2 Å². The maximum Gasteiger partial charge on any atom is 0.277 e. The van der Waals surface area contributed by atoms with Crippen molar-refractivity contribution < 1.29 is 9.21 Å². The van der Waals surface area contributed by atoms with E-state index in [2.05, 4.69) is 20.5 Å². The third kappa shape index (κ3) is 3.51. The molecule has 17 heavy (non-hydrogen) atoms. The number of thioether (sulfide) groups is 1. The van der Waals surface area contributed by atoms with Crippen molar-refractivity contribution in [2.75, 3.05) is 11.1 Å². The molecular formula is C8H9N5O2S2. The Morgan fingerprint density at radius 2 is 2.47 bits per heavy atom. The number of nitrogens with zero attached hydrogens (tertiary/aromatic N) is 3. The Balaban J connectivity index is 1.79. The molecule has 0 radical (unpaired) electrons. The minimum absolute atomic E-state index is 0.169. The number of hydrogen-bond donors (Lipinski definition) is 2. The van der Waals surface area contributed by atoms with Crippen LogP contribution in [-0.4, -0.2) is 26.8 Å². The number of nitrogens with two attached hydrogens (primary N) is 1. The summed E-state index contributed by atoms with van der Waals surface area (Å²) in [6, 6.07) is 0. The number of rotatable bonds is 5. The minimum atomic E-state index is -0.169. The van der Waals surface area contributed by atoms with Gasteiger partial charge in [0.15, 0.2) is 5.13 Å². The summed E-state index contributed by atoms with van der Waals surface area (Å²) in [6.07, 6.45) is 1.62. The Bertz CT molecular complexity index is 484. The fourth-order valence-electron chi connectivity index (χ4n) is 0.947. The number of thiazole rings is 1. The molecule has 2 aromatic rings. The zero-order chi connectivity index (χ0) is 12.1. The minimum Gasteiger partial charge on any atom is -0.415 e. The summed E-state index contributed by atoms with van der Waals surface area (Å²) in [6.45, 7) is 0.193. The van der Waals surface area contributed by atoms with E-state index >= 15 is 0 Å². The standard InChI is InChI=1S/C8H9N5O2S2/c9-3-6-12-13-8(15-6)17-4-5(14)11-7-10-1-2-16-7/h1-2H,3-4,9H2,(H,10,11,14). The van der Waals surface area contributed by atoms with E-state index in [1.807, 2.05) is 0 Å². The van der Waals surface area contributed by atoms with Gasteiger partial charge in [-0.2, -0.15) is 0 Å². The van der Waals surface area contributed by atoms with Gasteiger partial charge in [-0.25, -0.2) is 4.98 Å². The summed E-state index contributed by atoms with van der Waals surface area (Å²) in [5.41, 5.74) is 5.32. The Labute approximate surface area is 105 Å². The lowest BCUT2D eigenvalue weighted by Crippen LogP contribution is -2.13. The quantitative estimate of drug-likeness (QED) is 0.771. The van der Waals surface area contributed by atoms with Gasteiger partial charge in [-0.3, -0.25) is 4.79 Å². The van der Waals surface area contributed by atoms with Crippen LogP contribution in [0.5, 0.6) is 0 Å². The first kappa shape index (κ1) is 12.0. The van der Waals surface area contributed by atoms with Crippen LogP contribution in [0.1, 0.15) is 5.89 Å². The summed E-state index contributed by atoms with van der Waals surface area (Å²) in [5.74, 6) is 0.372. The highest BCUT2D eigenvalue weighted by molar-refractivity contribution is 7.99. The molecule has 2 rings (SSSR count). The molecule has 9 heteroatoms. The van der Waals surface area contributed by atoms with E-state index < -0.39 is 0 Å². The van der Waals surface area contributed by atoms with Gasteiger partial charge in [0.1, 0.15) is 0 Å². The maximum atomic E-state index is 11.5. The maximum absolute atomic E-state index is 11.5. The lowest BCUT2D eigenvalue weighted by atomic mass is 10.7. The van der Waals surface area contributed by atoms with E-state index in [1.54, 1.807) is 11.6 Å². The molecule has 0 aromatic carbocycles. The highest BCUT2D eigenvalue weighted by Crippen LogP contribution is 2.17. The third-order valence-corrected chi connectivity index (χ3v) is 3.14. The predicted molar refractivity (Wildman–Crippen MR) is 63.7 cm³/mol. The number of nitrogens with one attached hydrogen (secondary N) is 1. The fourth-order valence-corrected chi connectivity index (χ4v) is 2.07. The van der Waals surface area contributed by atoms with Crippen LogP contribution < -0.4 is 11.1 Å². The first-order valence-corrected chi connectivity index (χ1v) is 6.49. The molecule has 0 atom stereocenters. The molecule has 90 valence electrons. The van der Waals surface area contributed by atoms with Gasteiger partial charge >= 0.3 is 0 Å². The molecule has 0 aliphatic rings. The molecule has 0 aliphatic carbocycles. The van der Waals surface area contributed by atoms with Gasteiger partial charge in [-0.15, -0.1) is 21.5 Å². The van der Waals surface area contributed by atoms with Crippen LogP contribution in [0, 0.1) is 0 Å². The van der Waals surface area contributed by atoms with Gasteiger partial charge in [0.25, 0.3) is 5.22 Å². The lowest BCUT2D eigenvalue weighted by molar-refractivity contribution is -0.113. The number of anilines is 1. The molecule has 0 unspecified atom stereocenters. The van der Waals surface area contributed by atoms with Crippen LogP contribution in [0.4, 0.5) is 5.13 Å². The fraction of sp³-hybridized carbons (Fsp3) is 0.250. The monoisotopic (exact) mass is 271 g/mol. The van der Waals surface area contributed by atoms with Crippen LogP contribution in [0.2, 0.25) is 0 Å². The van der Waals surface area contributed by atoms with E-state index in [0.29, 0.717) is 16.2 Å². The molecule has 0 saturated heterocycles. The van der Waals surface area contributed by atoms with E-state index in [0.717, 1.165) is 11.8 Å². The number of aromatic nitrogens is 3. The third-order valence-electron chi connectivity index (χ3n) is 1.63. The first-order valence-electron chi connectivity index (χ1n) is 4.62. The van der Waals surface area contributed by atoms with Gasteiger partial charge in [-0.1, -0.05) is 11.8 Å². The van der Waals surface area contributed by atoms with Crippen molar-refractivity contribution in [3.63, 3.8) is 0 Å². The predicted octanol–water partition coefficient (Wildman–Crippen LogP) is 0.716. The van der Waals surface area contributed by atoms with Gasteiger partial charge in [-0.05, 0) is 0 Å². The van der Waals surface area contributed by atoms with Crippen LogP contribution in [0.3, 0.4) is 0 Å². The van der Waals surface area contributed by atoms with E-state index in [9.17, 15) is 4.79 Å². The van der Waals surface area contributed by atoms with Crippen molar-refractivity contribution in [3.05, 3.63) is 17.5 Å². The van der Waals surface area contributed by atoms with Crippen LogP contribution in [-0.2, 0) is 11.3 Å². The molecule has 0 fully saturated rings. The van der Waals surface area contributed by atoms with Crippen molar-refractivity contribution in [1.29, 1.82) is 0 Å². The van der Waals surface area contributed by atoms with Gasteiger partial charge < -0.3 is 15.5 Å². The van der Waals surface area contributed by atoms with E-state index in [1.165, 1.54) is 11.3 Å². The molecule has 0 bridgehead atoms. The average molecular weight is 271 g/mol. The van der Waals surface area contributed by atoms with Crippen molar-refractivity contribution in [3.8, 4) is 0 Å². The highest BCUT2D eigenvalue weighted by Gasteiger charge is 2.09. The molecule has 0 aliphatic heterocycles. The first-order chi connectivity index (χ1) is 8.28. The average Bonchev–Trinajstić information content (AvgIpc) is 2.96. The number of amides is 1. The number of carbonyl (C=O) groups is 1. The van der Waals surface area contributed by atoms with Gasteiger partial charge in [0.05, 0.1) is 12.3 Å². The molecule has 1 amide bonds. The van der Waals surface area contributed by atoms with Crippen LogP contribution in [0.25, 0.3) is 0 Å². The summed E-state index contributed by atoms with van der Waals surface area (Å²) in [5, 5.41) is 12.8. The SMILES string of the molecule is NCc1nnc(SCC(=O)Nc2nccs2)o1. The van der Waals surface area contributed by atoms with Gasteiger partial charge in [0, 0.05) is 11.6 Å². The lowest BCUT2D eigenvalue weighted by Gasteiger charge is -1.98. The highest BCUT2D eigenvalue weighted by atomic mass is 32.2. The van der Waals surface area contributed by atoms with Crippen molar-refractivity contribution in [2.45, 2.75) is 11.8 Å². The van der Waals surface area contributed by atoms with Crippen molar-refractivity contribution >= 4 is 34.1 Å². The van der Waals surface area contributed by atoms with Crippen LogP contribution in [0.15, 0.2) is 21.2 Å². The number of hydrogen-bond acceptors (Lipinski definition) is 8. The summed E-state index contributed by atoms with van der Waals surface area (Å²) >= 11 is 2.52. The zero-order valence-electron chi connectivity index (χ0n) is 8.62. The Hall–Kier alpha value is -1.45. The molecule has 2 aromatic heterocycles. The molecular weight excluding hydrogens is 262 g/mol. The summed E-state index contributed by atoms with van der Waals surface area (Å²) < 4.78 is 5.14. The second kappa shape index (κ2) is 5.75. The topological polar surface area (TPSA) is 107 Å². The molecule has 3 N–H and O–H groups in total. The van der Waals surface area contributed by atoms with Crippen LogP contribution >= 0.6 is 23.1 Å². The second-order valence-electron chi connectivity index (χ2n) is 2.84. The number of carbonyl (C=O) groups excluding carboxylic acids is 1. The molecule has 7 nitrogen and oxygen atoms in total. The second-order valence-corrected chi connectivity index (χ2v) is 4.66. The Kier molecular flexibility index (Phi) is 4.07. The Morgan fingerprint density at radius 3 is 3.12 bits per heavy atom. The normalized spacial score (nSPS) is 10.4. The van der Waals surface area contributed by atoms with Gasteiger partial charge in [0.2, 0.25) is 11.8 Å². The summed E-state index contributed by atoms with van der Waals surface area (Å²) in [7, 11) is 0. The summed E-state index contributed by atoms with van der Waals surface area (Å²) in [4.78, 5) is 15.4. The van der Waals surface area contributed by atoms with Crippen molar-refractivity contribution in [1.82, 2.24) is 15.2 Å². The largest absolute Gasteiger partial charge is 0.415 e. The smallest absolute Gasteiger partial charge is 0.277 e. The zero-order valence-corrected chi connectivity index (χ0v) is 10.3. The molecule has 0 saturated carbocycles. The Morgan fingerprint density at radius 1 is 1.59 bits per heavy atom. The van der Waals surface area contributed by atoms with Crippen molar-refractivity contribution in [2.24, 2.45) is 5.73 Å². The molecule has 2 heterocycles. The van der Waals surface area contributed by atoms with E-state index in [-0.39, 0.29) is 18.2 Å². The molecule has 0 spiro atoms.